The molecule has 5 nitrogen and oxygen atoms in total. The normalized spacial score (nSPS) is 11.8. The van der Waals surface area contributed by atoms with Crippen LogP contribution in [0.1, 0.15) is 13.8 Å². The van der Waals surface area contributed by atoms with E-state index in [1.165, 1.54) is 0 Å². The molecule has 0 spiro atoms. The van der Waals surface area contributed by atoms with Crippen molar-refractivity contribution in [3.8, 4) is 0 Å². The summed E-state index contributed by atoms with van der Waals surface area (Å²) >= 11 is 3.40. The highest BCUT2D eigenvalue weighted by Gasteiger charge is 2.14. The van der Waals surface area contributed by atoms with Crippen LogP contribution in [0.15, 0.2) is 23.1 Å². The van der Waals surface area contributed by atoms with Gasteiger partial charge in [0, 0.05) is 17.2 Å². The van der Waals surface area contributed by atoms with Crippen LogP contribution >= 0.6 is 15.9 Å². The molecule has 0 saturated carbocycles. The molecule has 3 aromatic rings. The van der Waals surface area contributed by atoms with E-state index in [1.807, 2.05) is 12.4 Å². The van der Waals surface area contributed by atoms with Crippen molar-refractivity contribution in [1.29, 1.82) is 0 Å². The largest absolute Gasteiger partial charge is 0.382 e. The Bertz CT molecular complexity index is 762. The molecule has 0 aliphatic carbocycles. The Balaban J connectivity index is 2.39. The number of pyridine rings is 2. The molecule has 0 aliphatic heterocycles. The molecule has 0 unspecified atom stereocenters. The van der Waals surface area contributed by atoms with Crippen LogP contribution in [-0.4, -0.2) is 19.5 Å². The second kappa shape index (κ2) is 4.45. The minimum Gasteiger partial charge on any atom is -0.382 e. The Morgan fingerprint density at radius 1 is 1.32 bits per heavy atom. The molecule has 0 saturated heterocycles. The van der Waals surface area contributed by atoms with E-state index in [0.29, 0.717) is 11.7 Å². The van der Waals surface area contributed by atoms with E-state index in [0.717, 1.165) is 33.1 Å². The Kier molecular flexibility index (Phi) is 2.89. The zero-order valence-electron chi connectivity index (χ0n) is 10.8. The molecule has 0 radical (unpaired) electrons. The van der Waals surface area contributed by atoms with Gasteiger partial charge in [0.25, 0.3) is 0 Å². The smallest absolute Gasteiger partial charge is 0.152 e. The van der Waals surface area contributed by atoms with Crippen LogP contribution in [0.5, 0.6) is 0 Å². The summed E-state index contributed by atoms with van der Waals surface area (Å²) in [5, 5.41) is 0. The molecule has 98 valence electrons. The molecular formula is C13H14BrN5. The molecule has 0 aromatic carbocycles. The number of halogens is 1. The number of nitrogen functional groups attached to an aromatic ring is 1. The lowest BCUT2D eigenvalue weighted by atomic mass is 10.2. The fraction of sp³-hybridized carbons (Fsp3) is 0.308. The van der Waals surface area contributed by atoms with Gasteiger partial charge in [-0.2, -0.15) is 0 Å². The first-order chi connectivity index (χ1) is 9.06. The minimum absolute atomic E-state index is 0.449. The van der Waals surface area contributed by atoms with Gasteiger partial charge in [-0.05, 0) is 27.9 Å². The van der Waals surface area contributed by atoms with Gasteiger partial charge in [0.1, 0.15) is 16.6 Å². The van der Waals surface area contributed by atoms with Crippen LogP contribution in [0.3, 0.4) is 0 Å². The molecule has 3 aromatic heterocycles. The van der Waals surface area contributed by atoms with E-state index in [1.54, 1.807) is 6.20 Å². The summed E-state index contributed by atoms with van der Waals surface area (Å²) in [6.07, 6.45) is 3.58. The number of anilines is 1. The van der Waals surface area contributed by atoms with Crippen LogP contribution in [0.4, 0.5) is 5.82 Å². The van der Waals surface area contributed by atoms with Crippen LogP contribution in [0, 0.1) is 5.92 Å². The van der Waals surface area contributed by atoms with Crippen molar-refractivity contribution >= 4 is 43.8 Å². The minimum atomic E-state index is 0.449. The number of fused-ring (bicyclic) bond motifs is 3. The SMILES string of the molecule is CC(C)Cn1cnc2c(N)nc3cc(Br)cnc3c21. The van der Waals surface area contributed by atoms with E-state index in [2.05, 4.69) is 49.3 Å². The molecule has 0 bridgehead atoms. The number of nitrogens with zero attached hydrogens (tertiary/aromatic N) is 4. The van der Waals surface area contributed by atoms with Gasteiger partial charge in [0.15, 0.2) is 5.82 Å². The van der Waals surface area contributed by atoms with E-state index in [9.17, 15) is 0 Å². The summed E-state index contributed by atoms with van der Waals surface area (Å²) in [4.78, 5) is 13.2. The van der Waals surface area contributed by atoms with Crippen LogP contribution in [0.25, 0.3) is 22.1 Å². The molecule has 3 heterocycles. The maximum atomic E-state index is 5.99. The number of aromatic nitrogens is 4. The van der Waals surface area contributed by atoms with Crippen molar-refractivity contribution in [3.63, 3.8) is 0 Å². The van der Waals surface area contributed by atoms with E-state index >= 15 is 0 Å². The third-order valence-electron chi connectivity index (χ3n) is 2.94. The van der Waals surface area contributed by atoms with Gasteiger partial charge >= 0.3 is 0 Å². The predicted octanol–water partition coefficient (Wildman–Crippen LogP) is 2.98. The van der Waals surface area contributed by atoms with E-state index in [-0.39, 0.29) is 0 Å². The van der Waals surface area contributed by atoms with Crippen molar-refractivity contribution in [2.75, 3.05) is 5.73 Å². The zero-order chi connectivity index (χ0) is 13.6. The molecule has 2 N–H and O–H groups in total. The summed E-state index contributed by atoms with van der Waals surface area (Å²) in [6.45, 7) is 5.22. The Hall–Kier alpha value is -1.69. The van der Waals surface area contributed by atoms with Gasteiger partial charge < -0.3 is 10.3 Å². The monoisotopic (exact) mass is 319 g/mol. The topological polar surface area (TPSA) is 69.6 Å². The Morgan fingerprint density at radius 2 is 2.11 bits per heavy atom. The highest BCUT2D eigenvalue weighted by molar-refractivity contribution is 9.10. The quantitative estimate of drug-likeness (QED) is 0.788. The van der Waals surface area contributed by atoms with Crippen LogP contribution in [0.2, 0.25) is 0 Å². The predicted molar refractivity (Wildman–Crippen MR) is 79.8 cm³/mol. The third kappa shape index (κ3) is 2.06. The molecular weight excluding hydrogens is 306 g/mol. The maximum Gasteiger partial charge on any atom is 0.152 e. The fourth-order valence-corrected chi connectivity index (χ4v) is 2.55. The molecule has 0 atom stereocenters. The number of hydrogen-bond acceptors (Lipinski definition) is 4. The first-order valence-electron chi connectivity index (χ1n) is 6.12. The summed E-state index contributed by atoms with van der Waals surface area (Å²) in [5.74, 6) is 0.974. The van der Waals surface area contributed by atoms with Crippen molar-refractivity contribution in [3.05, 3.63) is 23.1 Å². The van der Waals surface area contributed by atoms with Gasteiger partial charge in [-0.3, -0.25) is 4.98 Å². The lowest BCUT2D eigenvalue weighted by Gasteiger charge is -2.09. The molecule has 6 heteroatoms. The molecule has 0 fully saturated rings. The van der Waals surface area contributed by atoms with Crippen molar-refractivity contribution in [2.45, 2.75) is 20.4 Å². The lowest BCUT2D eigenvalue weighted by molar-refractivity contribution is 0.533. The maximum absolute atomic E-state index is 5.99. The number of nitrogens with two attached hydrogens (primary N) is 1. The average Bonchev–Trinajstić information content (AvgIpc) is 2.73. The van der Waals surface area contributed by atoms with Crippen molar-refractivity contribution < 1.29 is 0 Å². The summed E-state index contributed by atoms with van der Waals surface area (Å²) in [7, 11) is 0. The van der Waals surface area contributed by atoms with Gasteiger partial charge in [-0.25, -0.2) is 9.97 Å². The van der Waals surface area contributed by atoms with E-state index in [4.69, 9.17) is 5.73 Å². The second-order valence-electron chi connectivity index (χ2n) is 5.01. The van der Waals surface area contributed by atoms with Crippen molar-refractivity contribution in [1.82, 2.24) is 19.5 Å². The van der Waals surface area contributed by atoms with E-state index < -0.39 is 0 Å². The fourth-order valence-electron chi connectivity index (χ4n) is 2.23. The summed E-state index contributed by atoms with van der Waals surface area (Å²) in [5.41, 5.74) is 9.29. The molecule has 19 heavy (non-hydrogen) atoms. The zero-order valence-corrected chi connectivity index (χ0v) is 12.3. The number of hydrogen-bond donors (Lipinski definition) is 1. The first kappa shape index (κ1) is 12.3. The summed E-state index contributed by atoms with van der Waals surface area (Å²) < 4.78 is 2.99. The van der Waals surface area contributed by atoms with Crippen LogP contribution in [-0.2, 0) is 6.54 Å². The van der Waals surface area contributed by atoms with Crippen molar-refractivity contribution in [2.24, 2.45) is 5.92 Å². The number of rotatable bonds is 2. The summed E-state index contributed by atoms with van der Waals surface area (Å²) in [6, 6.07) is 1.92. The number of imidazole rings is 1. The highest BCUT2D eigenvalue weighted by Crippen LogP contribution is 2.27. The van der Waals surface area contributed by atoms with Gasteiger partial charge in [-0.15, -0.1) is 0 Å². The van der Waals surface area contributed by atoms with Gasteiger partial charge in [-0.1, -0.05) is 13.8 Å². The standard InChI is InChI=1S/C13H14BrN5/c1-7(2)5-19-6-17-11-12(19)10-9(18-13(11)15)3-8(14)4-16-10/h3-4,6-7H,5H2,1-2H3,(H2,15,18). The van der Waals surface area contributed by atoms with Gasteiger partial charge in [0.2, 0.25) is 0 Å². The Labute approximate surface area is 119 Å². The highest BCUT2D eigenvalue weighted by atomic mass is 79.9. The third-order valence-corrected chi connectivity index (χ3v) is 3.38. The van der Waals surface area contributed by atoms with Gasteiger partial charge in [0.05, 0.1) is 11.8 Å². The first-order valence-corrected chi connectivity index (χ1v) is 6.91. The average molecular weight is 320 g/mol. The lowest BCUT2D eigenvalue weighted by Crippen LogP contribution is -2.04. The Morgan fingerprint density at radius 3 is 2.84 bits per heavy atom. The second-order valence-corrected chi connectivity index (χ2v) is 5.92. The molecule has 3 rings (SSSR count). The van der Waals surface area contributed by atoms with Crippen LogP contribution < -0.4 is 5.73 Å². The molecule has 0 amide bonds. The molecule has 0 aliphatic rings.